The summed E-state index contributed by atoms with van der Waals surface area (Å²) in [5, 5.41) is 22.7. The van der Waals surface area contributed by atoms with Crippen LogP contribution in [-0.2, 0) is 25.1 Å². The predicted octanol–water partition coefficient (Wildman–Crippen LogP) is 3.21. The fourth-order valence-corrected chi connectivity index (χ4v) is 5.41. The molecule has 3 heterocycles. The Hall–Kier alpha value is -4.14. The Balaban J connectivity index is 1.67. The van der Waals surface area contributed by atoms with Gasteiger partial charge in [-0.15, -0.1) is 0 Å². The second-order valence-electron chi connectivity index (χ2n) is 10.0. The monoisotopic (exact) mass is 560 g/mol. The summed E-state index contributed by atoms with van der Waals surface area (Å²) < 4.78 is 15.8. The summed E-state index contributed by atoms with van der Waals surface area (Å²) in [5.41, 5.74) is 5.04. The van der Waals surface area contributed by atoms with Gasteiger partial charge in [0.25, 0.3) is 5.56 Å². The van der Waals surface area contributed by atoms with Crippen LogP contribution in [0.25, 0.3) is 0 Å². The first-order valence-corrected chi connectivity index (χ1v) is 14.3. The SMILES string of the molecule is Cc1ccc(=O)n(C)c(N2CCN(c3cnn(C)c3C)CC2)ccc([C@@H](C)Nc2ccc(C#N)cc2S(N)=O)c1. The number of aryl methyl sites for hydroxylation is 2. The molecule has 1 unspecified atom stereocenters. The maximum atomic E-state index is 13.0. The van der Waals surface area contributed by atoms with Gasteiger partial charge in [0.2, 0.25) is 0 Å². The Kier molecular flexibility index (Phi) is 8.92. The van der Waals surface area contributed by atoms with Crippen molar-refractivity contribution in [1.82, 2.24) is 14.3 Å². The zero-order chi connectivity index (χ0) is 29.0. The number of piperazine rings is 1. The minimum absolute atomic E-state index is 0.0970. The Labute approximate surface area is 237 Å². The second-order valence-corrected chi connectivity index (χ2v) is 11.0. The number of hydrogen-bond acceptors (Lipinski definition) is 7. The van der Waals surface area contributed by atoms with Crippen LogP contribution in [0, 0.1) is 25.2 Å². The molecule has 2 aromatic heterocycles. The molecule has 0 spiro atoms. The van der Waals surface area contributed by atoms with Gasteiger partial charge in [-0.3, -0.25) is 14.0 Å². The van der Waals surface area contributed by atoms with Gasteiger partial charge >= 0.3 is 0 Å². The van der Waals surface area contributed by atoms with Crippen molar-refractivity contribution in [2.75, 3.05) is 41.3 Å². The summed E-state index contributed by atoms with van der Waals surface area (Å²) in [7, 11) is 1.98. The number of hydrogen-bond donors (Lipinski definition) is 2. The zero-order valence-corrected chi connectivity index (χ0v) is 24.4. The van der Waals surface area contributed by atoms with Gasteiger partial charge in [0, 0.05) is 52.4 Å². The van der Waals surface area contributed by atoms with Gasteiger partial charge in [-0.2, -0.15) is 10.4 Å². The molecule has 1 saturated heterocycles. The highest BCUT2D eigenvalue weighted by molar-refractivity contribution is 7.82. The van der Waals surface area contributed by atoms with Crippen molar-refractivity contribution >= 4 is 28.2 Å². The number of nitriles is 1. The molecule has 0 aliphatic carbocycles. The van der Waals surface area contributed by atoms with E-state index in [1.54, 1.807) is 35.9 Å². The van der Waals surface area contributed by atoms with Gasteiger partial charge in [-0.25, -0.2) is 9.35 Å². The molecule has 0 radical (unpaired) electrons. The standard InChI is InChI=1S/C29H36N8O2S/c1-20-6-11-29(38)34(4)28(37-14-12-36(13-15-37)26-19-32-35(5)22(26)3)10-8-24(16-20)21(2)33-25-9-7-23(18-30)17-27(25)40(31)39/h6-11,16-17,19,21,33H,12-15,31H2,1-5H3/t21-,40?/m1/s1. The van der Waals surface area contributed by atoms with Crippen LogP contribution in [0.15, 0.2) is 64.4 Å². The van der Waals surface area contributed by atoms with Crippen LogP contribution in [0.2, 0.25) is 0 Å². The van der Waals surface area contributed by atoms with E-state index in [0.717, 1.165) is 54.5 Å². The average Bonchev–Trinajstić information content (AvgIpc) is 3.28. The predicted molar refractivity (Wildman–Crippen MR) is 160 cm³/mol. The fourth-order valence-electron chi connectivity index (χ4n) is 4.82. The molecule has 4 rings (SSSR count). The number of anilines is 3. The molecule has 1 aliphatic rings. The Morgan fingerprint density at radius 3 is 2.35 bits per heavy atom. The molecule has 11 heteroatoms. The van der Waals surface area contributed by atoms with Crippen LogP contribution in [0.3, 0.4) is 0 Å². The first kappa shape index (κ1) is 28.9. The highest BCUT2D eigenvalue weighted by atomic mass is 32.2. The molecule has 1 fully saturated rings. The van der Waals surface area contributed by atoms with Gasteiger partial charge in [-0.1, -0.05) is 23.8 Å². The lowest BCUT2D eigenvalue weighted by molar-refractivity contribution is 0.630. The molecule has 0 bridgehead atoms. The summed E-state index contributed by atoms with van der Waals surface area (Å²) in [5.74, 6) is 0.817. The lowest BCUT2D eigenvalue weighted by Gasteiger charge is -2.37. The Morgan fingerprint density at radius 1 is 1.02 bits per heavy atom. The molecular weight excluding hydrogens is 524 g/mol. The van der Waals surface area contributed by atoms with Crippen LogP contribution in [0.1, 0.15) is 35.3 Å². The van der Waals surface area contributed by atoms with Crippen LogP contribution < -0.4 is 25.8 Å². The molecular formula is C29H36N8O2S. The minimum Gasteiger partial charge on any atom is -0.378 e. The van der Waals surface area contributed by atoms with Crippen LogP contribution in [0.4, 0.5) is 17.2 Å². The van der Waals surface area contributed by atoms with Crippen LogP contribution in [0.5, 0.6) is 0 Å². The van der Waals surface area contributed by atoms with Crippen LogP contribution in [-0.4, -0.2) is 44.7 Å². The molecule has 1 aromatic carbocycles. The summed E-state index contributed by atoms with van der Waals surface area (Å²) in [4.78, 5) is 17.9. The molecule has 0 saturated carbocycles. The van der Waals surface area contributed by atoms with Gasteiger partial charge in [0.1, 0.15) is 16.8 Å². The smallest absolute Gasteiger partial charge is 0.251 e. The van der Waals surface area contributed by atoms with E-state index in [4.69, 9.17) is 5.14 Å². The summed E-state index contributed by atoms with van der Waals surface area (Å²) in [6, 6.07) is 16.2. The highest BCUT2D eigenvalue weighted by Gasteiger charge is 2.21. The maximum Gasteiger partial charge on any atom is 0.251 e. The first-order chi connectivity index (χ1) is 19.1. The molecule has 2 atom stereocenters. The highest BCUT2D eigenvalue weighted by Crippen LogP contribution is 2.26. The molecule has 3 N–H and O–H groups in total. The van der Waals surface area contributed by atoms with E-state index in [1.165, 1.54) is 0 Å². The van der Waals surface area contributed by atoms with Crippen molar-refractivity contribution in [3.05, 3.63) is 87.5 Å². The van der Waals surface area contributed by atoms with Crippen molar-refractivity contribution in [3.8, 4) is 6.07 Å². The third-order valence-corrected chi connectivity index (χ3v) is 8.11. The third-order valence-electron chi connectivity index (χ3n) is 7.34. The lowest BCUT2D eigenvalue weighted by atomic mass is 10.1. The van der Waals surface area contributed by atoms with Gasteiger partial charge in [0.15, 0.2) is 0 Å². The first-order valence-electron chi connectivity index (χ1n) is 13.1. The topological polar surface area (TPSA) is 125 Å². The van der Waals surface area contributed by atoms with Crippen molar-refractivity contribution in [2.24, 2.45) is 19.2 Å². The number of benzene rings is 1. The average molecular weight is 561 g/mol. The Morgan fingerprint density at radius 2 is 1.73 bits per heavy atom. The number of nitrogens with zero attached hydrogens (tertiary/aromatic N) is 6. The van der Waals surface area contributed by atoms with E-state index >= 15 is 0 Å². The normalized spacial score (nSPS) is 14.7. The van der Waals surface area contributed by atoms with Crippen molar-refractivity contribution < 1.29 is 4.21 Å². The van der Waals surface area contributed by atoms with Crippen molar-refractivity contribution in [1.29, 1.82) is 5.26 Å². The number of nitrogens with two attached hydrogens (primary N) is 1. The summed E-state index contributed by atoms with van der Waals surface area (Å²) in [6.45, 7) is 9.15. The maximum absolute atomic E-state index is 13.0. The molecule has 1 aliphatic heterocycles. The van der Waals surface area contributed by atoms with E-state index < -0.39 is 11.0 Å². The van der Waals surface area contributed by atoms with Gasteiger partial charge < -0.3 is 15.1 Å². The summed E-state index contributed by atoms with van der Waals surface area (Å²) in [6.07, 6.45) is 1.91. The molecule has 10 nitrogen and oxygen atoms in total. The minimum atomic E-state index is -1.76. The number of rotatable bonds is 6. The van der Waals surface area contributed by atoms with E-state index in [9.17, 15) is 14.3 Å². The van der Waals surface area contributed by atoms with E-state index in [2.05, 4.69) is 33.2 Å². The largest absolute Gasteiger partial charge is 0.378 e. The van der Waals surface area contributed by atoms with Gasteiger partial charge in [-0.05, 0) is 50.6 Å². The summed E-state index contributed by atoms with van der Waals surface area (Å²) >= 11 is 0. The van der Waals surface area contributed by atoms with E-state index in [1.807, 2.05) is 56.0 Å². The van der Waals surface area contributed by atoms with Crippen LogP contribution >= 0.6 is 0 Å². The second kappa shape index (κ2) is 12.4. The van der Waals surface area contributed by atoms with Crippen molar-refractivity contribution in [2.45, 2.75) is 31.7 Å². The Bertz CT molecular complexity index is 1580. The fraction of sp³-hybridized carbons (Fsp3) is 0.345. The van der Waals surface area contributed by atoms with E-state index in [-0.39, 0.29) is 11.6 Å². The molecule has 3 aromatic rings. The van der Waals surface area contributed by atoms with Gasteiger partial charge in [0.05, 0.1) is 39.8 Å². The molecule has 210 valence electrons. The molecule has 40 heavy (non-hydrogen) atoms. The quantitative estimate of drug-likeness (QED) is 0.474. The molecule has 0 amide bonds. The number of aromatic nitrogens is 3. The third kappa shape index (κ3) is 6.35. The van der Waals surface area contributed by atoms with E-state index in [0.29, 0.717) is 16.1 Å². The zero-order valence-electron chi connectivity index (χ0n) is 23.6. The number of nitrogens with one attached hydrogen (secondary N) is 1. The lowest BCUT2D eigenvalue weighted by Crippen LogP contribution is -2.47. The van der Waals surface area contributed by atoms with Crippen molar-refractivity contribution in [3.63, 3.8) is 0 Å².